The van der Waals surface area contributed by atoms with Crippen LogP contribution >= 0.6 is 11.3 Å². The molecule has 0 amide bonds. The molecule has 12 nitrogen and oxygen atoms in total. The summed E-state index contributed by atoms with van der Waals surface area (Å²) in [6.07, 6.45) is 0. The van der Waals surface area contributed by atoms with Gasteiger partial charge in [0.15, 0.2) is 52.4 Å². The number of hydrogen-bond acceptors (Lipinski definition) is 12. The van der Waals surface area contributed by atoms with Crippen LogP contribution in [0.3, 0.4) is 0 Å². The first-order valence-corrected chi connectivity index (χ1v) is 44.2. The van der Waals surface area contributed by atoms with Crippen LogP contribution < -0.4 is 0 Å². The Morgan fingerprint density at radius 3 is 1.02 bits per heavy atom. The molecule has 13 heteroatoms. The fourth-order valence-electron chi connectivity index (χ4n) is 18.6. The molecule has 0 aliphatic heterocycles. The highest BCUT2D eigenvalue weighted by molar-refractivity contribution is 7.27. The average Bonchev–Trinajstić information content (AvgIpc) is 1.57. The number of aromatic nitrogens is 10. The molecule has 7 aromatic heterocycles. The fourth-order valence-corrected chi connectivity index (χ4v) is 20.0. The topological polar surface area (TPSA) is 147 Å². The summed E-state index contributed by atoms with van der Waals surface area (Å²) in [5, 5.41) is 8.72. The third kappa shape index (κ3) is 13.3. The predicted octanol–water partition coefficient (Wildman–Crippen LogP) is 30.5. The maximum Gasteiger partial charge on any atom is 0.164 e. The molecule has 0 atom stereocenters. The summed E-state index contributed by atoms with van der Waals surface area (Å²) in [4.78, 5) is 46.3. The van der Waals surface area contributed by atoms with E-state index in [1.165, 1.54) is 10.1 Å². The first-order valence-electron chi connectivity index (χ1n) is 43.4. The Kier molecular flexibility index (Phi) is 18.1. The SMILES string of the molecule is c1ccc(-c2nc(-c3ccccc3)nc(-c3cccc(-c4cccc5oc6ccc(-c7ccc8c(c7)c7ccccc7n8-c7ccc(-c8nc(-c9ccccc9)nc(-c9cccc(-c%10ccc(-c%11ccccc%11)c%11sc%12c(-c%13cccc%14c%13oc%13cccc(-c%15cccc(-c%16nc(-c%17ccccc%17)nc(-c%17ccccc%17)n%16)c%15)c%13%14)cccc%12c%10%11)c9)n8)cc7)cc6c45)c3)n2)cc1. The van der Waals surface area contributed by atoms with Gasteiger partial charge in [-0.05, 0) is 141 Å². The van der Waals surface area contributed by atoms with Gasteiger partial charge >= 0.3 is 0 Å². The Morgan fingerprint density at radius 1 is 0.177 bits per heavy atom. The number of thiophene rings is 1. The third-order valence-electron chi connectivity index (χ3n) is 24.8. The van der Waals surface area contributed by atoms with Crippen LogP contribution in [0.4, 0.5) is 0 Å². The molecule has 0 saturated heterocycles. The van der Waals surface area contributed by atoms with E-state index in [2.05, 4.69) is 290 Å². The van der Waals surface area contributed by atoms with E-state index < -0.39 is 0 Å². The van der Waals surface area contributed by atoms with Crippen molar-refractivity contribution < 1.29 is 8.83 Å². The monoisotopic (exact) mass is 1680 g/mol. The summed E-state index contributed by atoms with van der Waals surface area (Å²) in [5.41, 5.74) is 27.3. The second-order valence-electron chi connectivity index (χ2n) is 32.6. The van der Waals surface area contributed by atoms with Gasteiger partial charge in [0.1, 0.15) is 22.3 Å². The number of hydrogen-bond donors (Lipinski definition) is 0. The van der Waals surface area contributed by atoms with Crippen molar-refractivity contribution in [3.63, 3.8) is 0 Å². The summed E-state index contributed by atoms with van der Waals surface area (Å²) in [6.45, 7) is 0. The van der Waals surface area contributed by atoms with Crippen molar-refractivity contribution in [1.82, 2.24) is 49.4 Å². The molecule has 0 bridgehead atoms. The van der Waals surface area contributed by atoms with Gasteiger partial charge in [-0.3, -0.25) is 0 Å². The Bertz CT molecular complexity index is 8670. The minimum atomic E-state index is 0.563. The molecule has 7 heterocycles. The number of rotatable bonds is 16. The largest absolute Gasteiger partial charge is 0.456 e. The molecule has 0 unspecified atom stereocenters. The third-order valence-corrected chi connectivity index (χ3v) is 26.1. The molecule has 0 aliphatic rings. The zero-order valence-electron chi connectivity index (χ0n) is 69.6. The Balaban J connectivity index is 0.549. The first kappa shape index (κ1) is 75.2. The van der Waals surface area contributed by atoms with Gasteiger partial charge in [0.2, 0.25) is 0 Å². The van der Waals surface area contributed by atoms with Gasteiger partial charge in [0.25, 0.3) is 0 Å². The van der Waals surface area contributed by atoms with E-state index in [9.17, 15) is 0 Å². The highest BCUT2D eigenvalue weighted by atomic mass is 32.1. The molecular formula is C117H70N10O2S. The van der Waals surface area contributed by atoms with Crippen molar-refractivity contribution in [2.24, 2.45) is 0 Å². The van der Waals surface area contributed by atoms with Gasteiger partial charge in [-0.1, -0.05) is 340 Å². The van der Waals surface area contributed by atoms with Crippen LogP contribution in [0, 0.1) is 0 Å². The van der Waals surface area contributed by atoms with Crippen molar-refractivity contribution in [3.05, 3.63) is 425 Å². The normalized spacial score (nSPS) is 11.7. The first-order chi connectivity index (χ1) is 64.4. The van der Waals surface area contributed by atoms with Crippen LogP contribution in [-0.4, -0.2) is 49.4 Å². The van der Waals surface area contributed by atoms with Crippen LogP contribution in [0.2, 0.25) is 0 Å². The van der Waals surface area contributed by atoms with Crippen LogP contribution in [0.1, 0.15) is 0 Å². The number of para-hydroxylation sites is 2. The summed E-state index contributed by atoms with van der Waals surface area (Å²) >= 11 is 1.83. The lowest BCUT2D eigenvalue weighted by molar-refractivity contribution is 0.669. The Hall–Kier alpha value is -17.4. The van der Waals surface area contributed by atoms with Crippen molar-refractivity contribution >= 4 is 97.2 Å². The van der Waals surface area contributed by atoms with E-state index in [-0.39, 0.29) is 0 Å². The van der Waals surface area contributed by atoms with Crippen LogP contribution in [0.25, 0.3) is 261 Å². The molecule has 0 fully saturated rings. The summed E-state index contributed by atoms with van der Waals surface area (Å²) in [5.74, 6) is 5.34. The fraction of sp³-hybridized carbons (Fsp3) is 0. The van der Waals surface area contributed by atoms with Gasteiger partial charge in [0.05, 0.1) is 11.0 Å². The van der Waals surface area contributed by atoms with Crippen molar-refractivity contribution in [2.75, 3.05) is 0 Å². The second kappa shape index (κ2) is 31.4. The standard InChI is InChI=1S/C117H70N10O2S/c1-7-28-71(29-8-1)90-63-62-89(105-95-52-25-50-93(107(95)130-108(90)105)92-49-24-51-94-103-87(47-27-55-102(103)129-106(92)94)80-40-21-43-83(66-80)115-121-109(72-30-9-2-10-31-72)118-110(122-115)73-32-11-3-12-33-73)82-42-23-45-85(68-82)117-125-113(76-38-17-6-18-39-76)120-114(126-117)77-56-60-86(61-57-77)127-98-53-20-19-46-91(98)96-69-78(58-64-99(96)127)79-59-65-100-97(70-79)104-88(48-26-54-101(104)128-100)81-41-22-44-84(67-81)116-123-111(74-34-13-4-14-35-74)119-112(124-116)75-36-15-5-16-37-75/h1-70H. The van der Waals surface area contributed by atoms with Crippen molar-refractivity contribution in [2.45, 2.75) is 0 Å². The predicted molar refractivity (Wildman–Crippen MR) is 530 cm³/mol. The molecule has 0 radical (unpaired) electrons. The lowest BCUT2D eigenvalue weighted by Crippen LogP contribution is -2.00. The van der Waals surface area contributed by atoms with E-state index in [1.54, 1.807) is 0 Å². The lowest BCUT2D eigenvalue weighted by Gasteiger charge is -2.12. The minimum absolute atomic E-state index is 0.563. The van der Waals surface area contributed by atoms with E-state index in [4.69, 9.17) is 53.7 Å². The zero-order valence-corrected chi connectivity index (χ0v) is 70.4. The minimum Gasteiger partial charge on any atom is -0.456 e. The van der Waals surface area contributed by atoms with Gasteiger partial charge < -0.3 is 13.4 Å². The molecule has 0 saturated carbocycles. The van der Waals surface area contributed by atoms with Crippen LogP contribution in [0.15, 0.2) is 433 Å². The maximum absolute atomic E-state index is 7.14. The molecule has 18 aromatic carbocycles. The number of fused-ring (bicyclic) bond motifs is 12. The molecule has 0 N–H and O–H groups in total. The quantitative estimate of drug-likeness (QED) is 0.0910. The zero-order chi connectivity index (χ0) is 85.7. The molecule has 606 valence electrons. The van der Waals surface area contributed by atoms with Crippen LogP contribution in [-0.2, 0) is 0 Å². The molecule has 0 aliphatic carbocycles. The molecule has 25 rings (SSSR count). The van der Waals surface area contributed by atoms with Crippen LogP contribution in [0.5, 0.6) is 0 Å². The Labute approximate surface area is 749 Å². The van der Waals surface area contributed by atoms with Gasteiger partial charge in [-0.15, -0.1) is 11.3 Å². The molecule has 25 aromatic rings. The summed E-state index contributed by atoms with van der Waals surface area (Å²) in [6, 6.07) is 148. The molecule has 0 spiro atoms. The van der Waals surface area contributed by atoms with Gasteiger partial charge in [-0.25, -0.2) is 44.9 Å². The molecule has 130 heavy (non-hydrogen) atoms. The van der Waals surface area contributed by atoms with Crippen molar-refractivity contribution in [1.29, 1.82) is 0 Å². The van der Waals surface area contributed by atoms with E-state index in [0.717, 1.165) is 198 Å². The van der Waals surface area contributed by atoms with E-state index in [1.807, 2.05) is 151 Å². The highest BCUT2D eigenvalue weighted by Crippen LogP contribution is 2.51. The lowest BCUT2D eigenvalue weighted by atomic mass is 9.93. The number of furan rings is 2. The van der Waals surface area contributed by atoms with Crippen molar-refractivity contribution in [3.8, 4) is 175 Å². The summed E-state index contributed by atoms with van der Waals surface area (Å²) in [7, 11) is 0. The second-order valence-corrected chi connectivity index (χ2v) is 33.6. The van der Waals surface area contributed by atoms with Gasteiger partial charge in [0, 0.05) is 119 Å². The smallest absolute Gasteiger partial charge is 0.164 e. The van der Waals surface area contributed by atoms with E-state index in [0.29, 0.717) is 52.4 Å². The van der Waals surface area contributed by atoms with E-state index >= 15 is 0 Å². The highest BCUT2D eigenvalue weighted by Gasteiger charge is 2.26. The average molecular weight is 1680 g/mol. The van der Waals surface area contributed by atoms with Gasteiger partial charge in [-0.2, -0.15) is 0 Å². The molecular weight excluding hydrogens is 1610 g/mol. The Morgan fingerprint density at radius 2 is 0.515 bits per heavy atom. The number of nitrogens with zero attached hydrogens (tertiary/aromatic N) is 10. The maximum atomic E-state index is 7.14. The number of benzene rings is 18. The summed E-state index contributed by atoms with van der Waals surface area (Å²) < 4.78 is 18.5.